The van der Waals surface area contributed by atoms with Crippen molar-refractivity contribution in [2.24, 2.45) is 0 Å². The maximum Gasteiger partial charge on any atom is 0.209 e. The van der Waals surface area contributed by atoms with E-state index in [1.807, 2.05) is 61.5 Å². The molecule has 0 radical (unpaired) electrons. The number of hydrogen-bond donors (Lipinski definition) is 3. The molecule has 0 aliphatic carbocycles. The van der Waals surface area contributed by atoms with Gasteiger partial charge in [-0.3, -0.25) is 10.1 Å². The maximum atomic E-state index is 14.6. The van der Waals surface area contributed by atoms with Crippen molar-refractivity contribution >= 4 is 37.6 Å². The Kier molecular flexibility index (Phi) is 6.32. The monoisotopic (exact) mass is 555 g/mol. The number of nitrogens with zero attached hydrogens (tertiary/aromatic N) is 4. The Morgan fingerprint density at radius 1 is 0.975 bits per heavy atom. The summed E-state index contributed by atoms with van der Waals surface area (Å²) in [6.07, 6.45) is 4.66. The Balaban J connectivity index is 1.42. The molecular weight excluding hydrogens is 529 g/mol. The summed E-state index contributed by atoms with van der Waals surface area (Å²) in [4.78, 5) is 14.7. The van der Waals surface area contributed by atoms with E-state index in [0.717, 1.165) is 50.9 Å². The number of hydrogen-bond acceptors (Lipinski definition) is 6. The summed E-state index contributed by atoms with van der Waals surface area (Å²) < 4.78 is 40.1. The summed E-state index contributed by atoms with van der Waals surface area (Å²) in [7, 11) is 0.517. The van der Waals surface area contributed by atoms with Gasteiger partial charge in [0.1, 0.15) is 17.0 Å². The number of nitrogens with one attached hydrogen (secondary N) is 3. The molecule has 0 spiro atoms. The van der Waals surface area contributed by atoms with Crippen LogP contribution in [0.15, 0.2) is 73.1 Å². The smallest absolute Gasteiger partial charge is 0.209 e. The highest BCUT2D eigenvalue weighted by Crippen LogP contribution is 2.35. The van der Waals surface area contributed by atoms with Gasteiger partial charge >= 0.3 is 0 Å². The molecule has 3 N–H and O–H groups in total. The first-order valence-electron chi connectivity index (χ1n) is 12.5. The first kappa shape index (κ1) is 25.7. The molecule has 0 aliphatic heterocycles. The third-order valence-electron chi connectivity index (χ3n) is 6.67. The van der Waals surface area contributed by atoms with Crippen LogP contribution in [0.25, 0.3) is 55.7 Å². The molecule has 0 aliphatic rings. The molecule has 0 bridgehead atoms. The van der Waals surface area contributed by atoms with Crippen LogP contribution in [-0.2, 0) is 16.6 Å². The van der Waals surface area contributed by atoms with Crippen LogP contribution in [0.4, 0.5) is 10.1 Å². The van der Waals surface area contributed by atoms with Crippen LogP contribution in [0, 0.1) is 5.82 Å². The van der Waals surface area contributed by atoms with Gasteiger partial charge in [0, 0.05) is 43.3 Å². The molecular formula is C29H26FN7O2S. The van der Waals surface area contributed by atoms with Gasteiger partial charge in [-0.25, -0.2) is 22.5 Å². The summed E-state index contributed by atoms with van der Waals surface area (Å²) in [5.74, 6) is -0.446. The molecule has 40 heavy (non-hydrogen) atoms. The van der Waals surface area contributed by atoms with Crippen LogP contribution in [0.5, 0.6) is 0 Å². The second-order valence-electron chi connectivity index (χ2n) is 9.88. The first-order chi connectivity index (χ1) is 19.1. The van der Waals surface area contributed by atoms with Crippen molar-refractivity contribution in [2.75, 3.05) is 25.3 Å². The van der Waals surface area contributed by atoms with Crippen LogP contribution in [0.2, 0.25) is 0 Å². The minimum absolute atomic E-state index is 0.00180. The standard InChI is InChI=1S/C29H26FN7O2S/c1-37(2)21-12-19(15-31-16-21)24-7-8-26-28(34-24)29(36-35-26)27-13-23-22(5-4-6-25(23)33-27)18-9-17(10-20(30)11-18)14-32-40(3,38)39/h4-13,15-16,32-33H,14H2,1-3H3,(H,35,36). The second kappa shape index (κ2) is 9.85. The molecule has 0 amide bonds. The minimum Gasteiger partial charge on any atom is -0.376 e. The van der Waals surface area contributed by atoms with Crippen molar-refractivity contribution < 1.29 is 12.8 Å². The maximum absolute atomic E-state index is 14.6. The van der Waals surface area contributed by atoms with Crippen molar-refractivity contribution in [2.45, 2.75) is 6.54 Å². The Hall–Kier alpha value is -4.61. The summed E-state index contributed by atoms with van der Waals surface area (Å²) in [5, 5.41) is 8.49. The molecule has 202 valence electrons. The van der Waals surface area contributed by atoms with E-state index in [9.17, 15) is 12.8 Å². The lowest BCUT2D eigenvalue weighted by molar-refractivity contribution is 0.586. The van der Waals surface area contributed by atoms with E-state index in [4.69, 9.17) is 4.98 Å². The predicted octanol–water partition coefficient (Wildman–Crippen LogP) is 5.09. The first-order valence-corrected chi connectivity index (χ1v) is 14.4. The number of anilines is 1. The van der Waals surface area contributed by atoms with Crippen molar-refractivity contribution in [3.05, 3.63) is 84.4 Å². The van der Waals surface area contributed by atoms with Gasteiger partial charge in [0.15, 0.2) is 0 Å². The SMILES string of the molecule is CN(C)c1cncc(-c2ccc3[nH]nc(-c4cc5c(-c6cc(F)cc(CNS(C)(=O)=O)c6)cccc5[nH]4)c3n2)c1. The minimum atomic E-state index is -3.41. The normalized spacial score (nSPS) is 11.9. The molecule has 11 heteroatoms. The number of H-pyrrole nitrogens is 2. The molecule has 6 aromatic rings. The van der Waals surface area contributed by atoms with Crippen LogP contribution in [0.3, 0.4) is 0 Å². The fourth-order valence-electron chi connectivity index (χ4n) is 4.72. The quantitative estimate of drug-likeness (QED) is 0.253. The molecule has 9 nitrogen and oxygen atoms in total. The third kappa shape index (κ3) is 5.04. The van der Waals surface area contributed by atoms with Gasteiger partial charge in [0.25, 0.3) is 0 Å². The Bertz CT molecular complexity index is 2000. The third-order valence-corrected chi connectivity index (χ3v) is 7.34. The van der Waals surface area contributed by atoms with Gasteiger partial charge in [0.2, 0.25) is 10.0 Å². The average molecular weight is 556 g/mol. The number of pyridine rings is 2. The van der Waals surface area contributed by atoms with E-state index >= 15 is 0 Å². The van der Waals surface area contributed by atoms with E-state index in [1.165, 1.54) is 12.1 Å². The van der Waals surface area contributed by atoms with Gasteiger partial charge in [-0.05, 0) is 65.2 Å². The van der Waals surface area contributed by atoms with Gasteiger partial charge in [0.05, 0.1) is 35.0 Å². The van der Waals surface area contributed by atoms with Crippen LogP contribution in [-0.4, -0.2) is 53.9 Å². The van der Waals surface area contributed by atoms with Crippen molar-refractivity contribution in [3.63, 3.8) is 0 Å². The Morgan fingerprint density at radius 3 is 2.62 bits per heavy atom. The molecule has 0 fully saturated rings. The Morgan fingerprint density at radius 2 is 1.82 bits per heavy atom. The van der Waals surface area contributed by atoms with Gasteiger partial charge in [-0.1, -0.05) is 12.1 Å². The predicted molar refractivity (Wildman–Crippen MR) is 156 cm³/mol. The van der Waals surface area contributed by atoms with E-state index < -0.39 is 15.8 Å². The average Bonchev–Trinajstić information content (AvgIpc) is 3.55. The highest BCUT2D eigenvalue weighted by atomic mass is 32.2. The van der Waals surface area contributed by atoms with Crippen molar-refractivity contribution in [1.82, 2.24) is 29.9 Å². The number of fused-ring (bicyclic) bond motifs is 2. The molecule has 4 aromatic heterocycles. The largest absolute Gasteiger partial charge is 0.376 e. The number of aromatic nitrogens is 5. The number of rotatable bonds is 7. The number of sulfonamides is 1. The number of aromatic amines is 2. The van der Waals surface area contributed by atoms with E-state index in [2.05, 4.69) is 24.9 Å². The highest BCUT2D eigenvalue weighted by Gasteiger charge is 2.16. The van der Waals surface area contributed by atoms with Crippen LogP contribution in [0.1, 0.15) is 5.56 Å². The molecule has 0 unspecified atom stereocenters. The summed E-state index contributed by atoms with van der Waals surface area (Å²) in [5.41, 5.74) is 8.39. The molecule has 2 aromatic carbocycles. The van der Waals surface area contributed by atoms with Crippen LogP contribution < -0.4 is 9.62 Å². The lowest BCUT2D eigenvalue weighted by atomic mass is 9.99. The molecule has 0 saturated heterocycles. The topological polar surface area (TPSA) is 120 Å². The fourth-order valence-corrected chi connectivity index (χ4v) is 5.15. The van der Waals surface area contributed by atoms with E-state index in [1.54, 1.807) is 18.5 Å². The van der Waals surface area contributed by atoms with Crippen molar-refractivity contribution in [1.29, 1.82) is 0 Å². The van der Waals surface area contributed by atoms with Gasteiger partial charge in [-0.15, -0.1) is 0 Å². The van der Waals surface area contributed by atoms with Gasteiger partial charge in [-0.2, -0.15) is 5.10 Å². The zero-order valence-electron chi connectivity index (χ0n) is 22.0. The zero-order valence-corrected chi connectivity index (χ0v) is 22.8. The lowest BCUT2D eigenvalue weighted by Gasteiger charge is -2.12. The summed E-state index contributed by atoms with van der Waals surface area (Å²) in [6.45, 7) is -0.00180. The number of benzene rings is 2. The lowest BCUT2D eigenvalue weighted by Crippen LogP contribution is -2.21. The molecule has 0 saturated carbocycles. The highest BCUT2D eigenvalue weighted by molar-refractivity contribution is 7.88. The second-order valence-corrected chi connectivity index (χ2v) is 11.7. The number of halogens is 1. The molecule has 6 rings (SSSR count). The zero-order chi connectivity index (χ0) is 28.0. The van der Waals surface area contributed by atoms with E-state index in [-0.39, 0.29) is 6.54 Å². The molecule has 4 heterocycles. The van der Waals surface area contributed by atoms with E-state index in [0.29, 0.717) is 22.3 Å². The summed E-state index contributed by atoms with van der Waals surface area (Å²) in [6, 6.07) is 18.2. The van der Waals surface area contributed by atoms with Gasteiger partial charge < -0.3 is 9.88 Å². The summed E-state index contributed by atoms with van der Waals surface area (Å²) >= 11 is 0. The molecule has 0 atom stereocenters. The van der Waals surface area contributed by atoms with Crippen molar-refractivity contribution in [3.8, 4) is 33.8 Å². The van der Waals surface area contributed by atoms with Crippen LogP contribution >= 0.6 is 0 Å². The fraction of sp³-hybridized carbons (Fsp3) is 0.138. The Labute approximate surface area is 230 Å².